The molecular formula is C30H61ClO4Si3. The Morgan fingerprint density at radius 1 is 0.789 bits per heavy atom. The zero-order chi connectivity index (χ0) is 30.0. The minimum atomic E-state index is -2.12. The van der Waals surface area contributed by atoms with Crippen molar-refractivity contribution in [1.29, 1.82) is 0 Å². The Morgan fingerprint density at radius 3 is 1.71 bits per heavy atom. The van der Waals surface area contributed by atoms with Crippen LogP contribution in [-0.2, 0) is 18.0 Å². The molecule has 0 bridgehead atoms. The molecule has 0 aromatic heterocycles. The number of halogens is 1. The third-order valence-electron chi connectivity index (χ3n) is 9.51. The van der Waals surface area contributed by atoms with Gasteiger partial charge < -0.3 is 18.0 Å². The van der Waals surface area contributed by atoms with Crippen LogP contribution in [-0.4, -0.2) is 62.4 Å². The van der Waals surface area contributed by atoms with Crippen molar-refractivity contribution in [2.24, 2.45) is 0 Å². The molecule has 8 heteroatoms. The van der Waals surface area contributed by atoms with Crippen LogP contribution in [0.4, 0.5) is 0 Å². The number of ether oxygens (including phenoxy) is 1. The van der Waals surface area contributed by atoms with Crippen LogP contribution in [0.2, 0.25) is 54.4 Å². The molecule has 1 aliphatic rings. The Kier molecular flexibility index (Phi) is 12.5. The highest BCUT2D eigenvalue weighted by atomic mass is 35.5. The summed E-state index contributed by atoms with van der Waals surface area (Å²) in [6.07, 6.45) is 3.10. The summed E-state index contributed by atoms with van der Waals surface area (Å²) in [5.41, 5.74) is 2.14. The van der Waals surface area contributed by atoms with Gasteiger partial charge in [-0.1, -0.05) is 75.0 Å². The zero-order valence-corrected chi connectivity index (χ0v) is 31.3. The van der Waals surface area contributed by atoms with E-state index in [2.05, 4.69) is 114 Å². The first-order valence-corrected chi connectivity index (χ1v) is 23.7. The van der Waals surface area contributed by atoms with Crippen molar-refractivity contribution in [3.8, 4) is 0 Å². The molecule has 0 unspecified atom stereocenters. The minimum absolute atomic E-state index is 0.0679. The van der Waals surface area contributed by atoms with E-state index in [9.17, 15) is 0 Å². The monoisotopic (exact) mass is 604 g/mol. The van der Waals surface area contributed by atoms with Gasteiger partial charge in [-0.2, -0.15) is 0 Å². The van der Waals surface area contributed by atoms with Gasteiger partial charge in [0.2, 0.25) is 0 Å². The predicted octanol–water partition coefficient (Wildman–Crippen LogP) is 9.69. The third-order valence-corrected chi connectivity index (χ3v) is 23.2. The van der Waals surface area contributed by atoms with Gasteiger partial charge >= 0.3 is 0 Å². The summed E-state index contributed by atoms with van der Waals surface area (Å²) < 4.78 is 27.3. The molecule has 1 saturated carbocycles. The highest BCUT2D eigenvalue weighted by Gasteiger charge is 2.49. The van der Waals surface area contributed by atoms with Crippen molar-refractivity contribution < 1.29 is 18.0 Å². The van der Waals surface area contributed by atoms with Gasteiger partial charge in [-0.3, -0.25) is 0 Å². The lowest BCUT2D eigenvalue weighted by atomic mass is 9.84. The topological polar surface area (TPSA) is 36.9 Å². The van der Waals surface area contributed by atoms with E-state index in [1.54, 1.807) is 0 Å². The largest absolute Gasteiger partial charge is 0.417 e. The van der Waals surface area contributed by atoms with Crippen LogP contribution in [0.3, 0.4) is 0 Å². The van der Waals surface area contributed by atoms with Crippen LogP contribution in [0, 0.1) is 0 Å². The average molecular weight is 606 g/mol. The summed E-state index contributed by atoms with van der Waals surface area (Å²) in [5.74, 6) is 0.449. The van der Waals surface area contributed by atoms with E-state index in [4.69, 9.17) is 29.6 Å². The third kappa shape index (κ3) is 9.40. The molecule has 1 rings (SSSR count). The smallest absolute Gasteiger partial charge is 0.193 e. The van der Waals surface area contributed by atoms with Crippen molar-refractivity contribution in [2.45, 2.75) is 148 Å². The first kappa shape index (κ1) is 36.3. The maximum Gasteiger partial charge on any atom is 0.193 e. The van der Waals surface area contributed by atoms with Gasteiger partial charge in [0.1, 0.15) is 6.10 Å². The van der Waals surface area contributed by atoms with Crippen LogP contribution in [0.5, 0.6) is 0 Å². The van der Waals surface area contributed by atoms with E-state index >= 15 is 0 Å². The minimum Gasteiger partial charge on any atom is -0.417 e. The fraction of sp³-hybridized carbons (Fsp3) is 0.867. The summed E-state index contributed by atoms with van der Waals surface area (Å²) in [7, 11) is -5.97. The molecule has 0 aromatic rings. The van der Waals surface area contributed by atoms with Crippen LogP contribution >= 0.6 is 11.6 Å². The van der Waals surface area contributed by atoms with Gasteiger partial charge in [0.15, 0.2) is 25.0 Å². The van der Waals surface area contributed by atoms with E-state index in [1.807, 2.05) is 0 Å². The molecule has 0 radical (unpaired) electrons. The highest BCUT2D eigenvalue weighted by molar-refractivity contribution is 6.75. The van der Waals surface area contributed by atoms with Gasteiger partial charge in [0.05, 0.1) is 12.2 Å². The van der Waals surface area contributed by atoms with E-state index < -0.39 is 25.0 Å². The summed E-state index contributed by atoms with van der Waals surface area (Å²) in [4.78, 5) is 0. The normalized spacial score (nSPS) is 23.8. The fourth-order valence-corrected chi connectivity index (χ4v) is 7.53. The van der Waals surface area contributed by atoms with Crippen molar-refractivity contribution in [2.75, 3.05) is 19.1 Å². The van der Waals surface area contributed by atoms with E-state index in [0.717, 1.165) is 24.0 Å². The Hall–Kier alpha value is 0.261. The van der Waals surface area contributed by atoms with Crippen LogP contribution < -0.4 is 0 Å². The molecule has 38 heavy (non-hydrogen) atoms. The fourth-order valence-electron chi connectivity index (χ4n) is 3.66. The molecule has 4 nitrogen and oxygen atoms in total. The number of hydrogen-bond donors (Lipinski definition) is 0. The Bertz CT molecular complexity index is 817. The summed E-state index contributed by atoms with van der Waals surface area (Å²) in [6.45, 7) is 40.2. The van der Waals surface area contributed by atoms with Crippen molar-refractivity contribution in [3.63, 3.8) is 0 Å². The number of allylic oxidation sites excluding steroid dienone is 1. The highest BCUT2D eigenvalue weighted by Crippen LogP contribution is 2.45. The standard InChI is InChI=1S/C30H61ClO4Si3/c1-23-24(18-19-31)22-25(34-37(13,14)29(5,6)7)27(26(23)35-38(15,16)30(8,9)10)32-20-17-21-33-36(11,12)28(2,3)4/h18,25-27H,1,17,19-22H2,2-16H3/b24-18-/t25-,26-,27-/m1/s1. The Labute approximate surface area is 244 Å². The predicted molar refractivity (Wildman–Crippen MR) is 174 cm³/mol. The quantitative estimate of drug-likeness (QED) is 0.134. The van der Waals surface area contributed by atoms with Crippen molar-refractivity contribution in [1.82, 2.24) is 0 Å². The second kappa shape index (κ2) is 13.1. The Balaban J connectivity index is 3.30. The molecule has 224 valence electrons. The van der Waals surface area contributed by atoms with Gasteiger partial charge in [-0.25, -0.2) is 0 Å². The molecule has 0 aliphatic heterocycles. The first-order chi connectivity index (χ1) is 16.9. The maximum atomic E-state index is 7.07. The van der Waals surface area contributed by atoms with Crippen LogP contribution in [0.25, 0.3) is 0 Å². The lowest BCUT2D eigenvalue weighted by molar-refractivity contribution is -0.0879. The molecule has 0 N–H and O–H groups in total. The van der Waals surface area contributed by atoms with Gasteiger partial charge in [-0.05, 0) is 72.0 Å². The molecule has 1 fully saturated rings. The second-order valence-corrected chi connectivity index (χ2v) is 30.3. The van der Waals surface area contributed by atoms with Crippen LogP contribution in [0.1, 0.15) is 75.2 Å². The molecule has 0 saturated heterocycles. The Morgan fingerprint density at radius 2 is 1.26 bits per heavy atom. The van der Waals surface area contributed by atoms with E-state index in [0.29, 0.717) is 19.1 Å². The van der Waals surface area contributed by atoms with Gasteiger partial charge in [0, 0.05) is 25.5 Å². The molecule has 0 aromatic carbocycles. The van der Waals surface area contributed by atoms with Crippen molar-refractivity contribution >= 4 is 36.6 Å². The van der Waals surface area contributed by atoms with Gasteiger partial charge in [-0.15, -0.1) is 11.6 Å². The van der Waals surface area contributed by atoms with Gasteiger partial charge in [0.25, 0.3) is 0 Å². The van der Waals surface area contributed by atoms with E-state index in [-0.39, 0.29) is 33.4 Å². The zero-order valence-electron chi connectivity index (χ0n) is 27.6. The summed E-state index contributed by atoms with van der Waals surface area (Å²) in [5, 5.41) is 0.359. The maximum absolute atomic E-state index is 7.07. The lowest BCUT2D eigenvalue weighted by Gasteiger charge is -2.49. The molecule has 1 aliphatic carbocycles. The first-order valence-electron chi connectivity index (χ1n) is 14.4. The molecule has 3 atom stereocenters. The second-order valence-electron chi connectivity index (χ2n) is 15.6. The summed E-state index contributed by atoms with van der Waals surface area (Å²) in [6, 6.07) is 0. The van der Waals surface area contributed by atoms with E-state index in [1.165, 1.54) is 0 Å². The number of rotatable bonds is 11. The molecule has 0 heterocycles. The summed E-state index contributed by atoms with van der Waals surface area (Å²) >= 11 is 6.21. The molecule has 0 amide bonds. The van der Waals surface area contributed by atoms with Crippen molar-refractivity contribution in [3.05, 3.63) is 23.8 Å². The number of hydrogen-bond acceptors (Lipinski definition) is 4. The van der Waals surface area contributed by atoms with Crippen LogP contribution in [0.15, 0.2) is 23.8 Å². The average Bonchev–Trinajstić information content (AvgIpc) is 2.70. The molecule has 0 spiro atoms. The lowest BCUT2D eigenvalue weighted by Crippen LogP contribution is -2.57. The SMILES string of the molecule is C=C1/C(=C\CCl)C[C@@H](O[Si](C)(C)C(C)(C)C)[C@@H](OCCCO[Si](C)(C)C(C)(C)C)[C@@H]1O[Si](C)(C)C(C)(C)C. The number of alkyl halides is 1. The molecular weight excluding hydrogens is 544 g/mol.